The van der Waals surface area contributed by atoms with E-state index in [0.29, 0.717) is 22.9 Å². The van der Waals surface area contributed by atoms with Crippen LogP contribution in [0.2, 0.25) is 0 Å². The van der Waals surface area contributed by atoms with Gasteiger partial charge in [0.15, 0.2) is 5.78 Å². The first kappa shape index (κ1) is 18.7. The van der Waals surface area contributed by atoms with E-state index in [2.05, 4.69) is 23.8 Å². The van der Waals surface area contributed by atoms with Gasteiger partial charge in [-0.3, -0.25) is 4.79 Å². The van der Waals surface area contributed by atoms with Crippen LogP contribution in [0.1, 0.15) is 26.6 Å². The number of nitrogens with zero attached hydrogens (tertiary/aromatic N) is 2. The van der Waals surface area contributed by atoms with Crippen molar-refractivity contribution in [3.63, 3.8) is 0 Å². The average Bonchev–Trinajstić information content (AvgIpc) is 2.92. The highest BCUT2D eigenvalue weighted by Crippen LogP contribution is 2.35. The second-order valence-corrected chi connectivity index (χ2v) is 7.98. The Kier molecular flexibility index (Phi) is 5.48. The normalized spacial score (nSPS) is 11.0. The number of Topliss-reactive ketones (excluding diaryl/α,β-unsaturated/α-hetero) is 1. The summed E-state index contributed by atoms with van der Waals surface area (Å²) in [6, 6.07) is 5.23. The molecule has 0 amide bonds. The van der Waals surface area contributed by atoms with E-state index >= 15 is 0 Å². The van der Waals surface area contributed by atoms with Crippen LogP contribution in [-0.2, 0) is 0 Å². The fourth-order valence-corrected chi connectivity index (χ4v) is 4.82. The average molecular weight is 389 g/mol. The number of benzene rings is 1. The monoisotopic (exact) mass is 388 g/mol. The molecule has 0 aliphatic heterocycles. The molecular formula is C19H20N2O3S2. The van der Waals surface area contributed by atoms with E-state index in [9.17, 15) is 4.79 Å². The van der Waals surface area contributed by atoms with Crippen LogP contribution < -0.4 is 9.47 Å². The number of ether oxygens (including phenoxy) is 2. The molecule has 0 radical (unpaired) electrons. The molecule has 0 N–H and O–H groups in total. The summed E-state index contributed by atoms with van der Waals surface area (Å²) < 4.78 is 10.5. The second-order valence-electron chi connectivity index (χ2n) is 5.82. The third-order valence-electron chi connectivity index (χ3n) is 4.15. The molecule has 0 atom stereocenters. The lowest BCUT2D eigenvalue weighted by molar-refractivity contribution is 0.101. The van der Waals surface area contributed by atoms with E-state index in [1.807, 2.05) is 6.92 Å². The lowest BCUT2D eigenvalue weighted by atomic mass is 10.1. The molecule has 5 nitrogen and oxygen atoms in total. The molecule has 3 rings (SSSR count). The van der Waals surface area contributed by atoms with Gasteiger partial charge in [-0.1, -0.05) is 11.8 Å². The van der Waals surface area contributed by atoms with Crippen LogP contribution >= 0.6 is 23.1 Å². The molecule has 0 bridgehead atoms. The Balaban J connectivity index is 1.90. The van der Waals surface area contributed by atoms with Gasteiger partial charge in [0, 0.05) is 10.3 Å². The maximum atomic E-state index is 12.8. The predicted octanol–water partition coefficient (Wildman–Crippen LogP) is 4.61. The summed E-state index contributed by atoms with van der Waals surface area (Å²) in [7, 11) is 3.13. The zero-order chi connectivity index (χ0) is 18.8. The molecule has 136 valence electrons. The fourth-order valence-electron chi connectivity index (χ4n) is 2.66. The molecule has 26 heavy (non-hydrogen) atoms. The van der Waals surface area contributed by atoms with Crippen LogP contribution in [0.15, 0.2) is 23.2 Å². The number of thioether (sulfide) groups is 1. The summed E-state index contributed by atoms with van der Waals surface area (Å²) in [5, 5.41) is 1.90. The first-order valence-corrected chi connectivity index (χ1v) is 9.87. The lowest BCUT2D eigenvalue weighted by Crippen LogP contribution is -2.06. The number of aromatic nitrogens is 2. The van der Waals surface area contributed by atoms with E-state index in [0.717, 1.165) is 15.2 Å². The second kappa shape index (κ2) is 7.63. The number of carbonyl (C=O) groups is 1. The number of aryl methyl sites for hydroxylation is 3. The highest BCUT2D eigenvalue weighted by atomic mass is 32.2. The van der Waals surface area contributed by atoms with Crippen molar-refractivity contribution in [3.8, 4) is 11.5 Å². The number of hydrogen-bond acceptors (Lipinski definition) is 7. The van der Waals surface area contributed by atoms with Gasteiger partial charge in [0.1, 0.15) is 27.2 Å². The van der Waals surface area contributed by atoms with Crippen LogP contribution in [0.25, 0.3) is 10.2 Å². The van der Waals surface area contributed by atoms with E-state index in [4.69, 9.17) is 9.47 Å². The van der Waals surface area contributed by atoms with Gasteiger partial charge in [-0.25, -0.2) is 9.97 Å². The van der Waals surface area contributed by atoms with Gasteiger partial charge in [0.25, 0.3) is 0 Å². The Labute approximate surface area is 160 Å². The number of fused-ring (bicyclic) bond motifs is 1. The van der Waals surface area contributed by atoms with Crippen molar-refractivity contribution >= 4 is 39.1 Å². The van der Waals surface area contributed by atoms with Gasteiger partial charge >= 0.3 is 0 Å². The smallest absolute Gasteiger partial charge is 0.176 e. The van der Waals surface area contributed by atoms with Gasteiger partial charge in [-0.05, 0) is 44.5 Å². The van der Waals surface area contributed by atoms with Crippen LogP contribution in [0.3, 0.4) is 0 Å². The molecule has 0 saturated heterocycles. The van der Waals surface area contributed by atoms with Crippen LogP contribution in [-0.4, -0.2) is 35.7 Å². The molecule has 0 aliphatic carbocycles. The third-order valence-corrected chi connectivity index (χ3v) is 6.23. The topological polar surface area (TPSA) is 61.3 Å². The van der Waals surface area contributed by atoms with Crippen LogP contribution in [0, 0.1) is 20.8 Å². The van der Waals surface area contributed by atoms with Crippen molar-refractivity contribution in [1.82, 2.24) is 9.97 Å². The predicted molar refractivity (Wildman–Crippen MR) is 106 cm³/mol. The Morgan fingerprint density at radius 1 is 1.15 bits per heavy atom. The molecule has 1 aromatic carbocycles. The maximum Gasteiger partial charge on any atom is 0.176 e. The van der Waals surface area contributed by atoms with Gasteiger partial charge in [0.2, 0.25) is 0 Å². The highest BCUT2D eigenvalue weighted by molar-refractivity contribution is 8.00. The summed E-state index contributed by atoms with van der Waals surface area (Å²) >= 11 is 3.10. The number of carbonyl (C=O) groups excluding carboxylic acids is 1. The van der Waals surface area contributed by atoms with E-state index in [-0.39, 0.29) is 11.5 Å². The Hall–Kier alpha value is -2.12. The quantitative estimate of drug-likeness (QED) is 0.349. The minimum atomic E-state index is -0.0280. The molecule has 2 heterocycles. The standard InChI is InChI=1S/C19H20N2O3S2/c1-10-11(2)26-19-17(10)18(20-12(3)21-19)25-9-15(22)14-8-13(23-4)6-7-16(14)24-5/h6-8H,9H2,1-5H3. The Bertz CT molecular complexity index is 983. The number of methoxy groups -OCH3 is 2. The summed E-state index contributed by atoms with van der Waals surface area (Å²) in [6.07, 6.45) is 0. The molecule has 0 aliphatic rings. The molecular weight excluding hydrogens is 368 g/mol. The molecule has 2 aromatic heterocycles. The molecule has 0 saturated carbocycles. The lowest BCUT2D eigenvalue weighted by Gasteiger charge is -2.10. The fraction of sp³-hybridized carbons (Fsp3) is 0.316. The number of rotatable bonds is 6. The minimum absolute atomic E-state index is 0.0280. The molecule has 0 spiro atoms. The van der Waals surface area contributed by atoms with Crippen LogP contribution in [0.5, 0.6) is 11.5 Å². The van der Waals surface area contributed by atoms with Gasteiger partial charge in [0.05, 0.1) is 25.5 Å². The van der Waals surface area contributed by atoms with Gasteiger partial charge in [-0.2, -0.15) is 0 Å². The van der Waals surface area contributed by atoms with Crippen molar-refractivity contribution in [3.05, 3.63) is 40.0 Å². The number of ketones is 1. The number of thiophene rings is 1. The van der Waals surface area contributed by atoms with Crippen molar-refractivity contribution in [1.29, 1.82) is 0 Å². The third kappa shape index (κ3) is 3.54. The SMILES string of the molecule is COc1ccc(OC)c(C(=O)CSc2nc(C)nc3sc(C)c(C)c23)c1. The van der Waals surface area contributed by atoms with Crippen LogP contribution in [0.4, 0.5) is 0 Å². The van der Waals surface area contributed by atoms with Crippen molar-refractivity contribution in [2.75, 3.05) is 20.0 Å². The van der Waals surface area contributed by atoms with Crippen molar-refractivity contribution in [2.24, 2.45) is 0 Å². The zero-order valence-corrected chi connectivity index (χ0v) is 17.0. The van der Waals surface area contributed by atoms with Crippen molar-refractivity contribution < 1.29 is 14.3 Å². The number of hydrogen-bond donors (Lipinski definition) is 0. The zero-order valence-electron chi connectivity index (χ0n) is 15.4. The first-order valence-electron chi connectivity index (χ1n) is 8.07. The summed E-state index contributed by atoms with van der Waals surface area (Å²) in [4.78, 5) is 24.1. The highest BCUT2D eigenvalue weighted by Gasteiger charge is 2.18. The Morgan fingerprint density at radius 2 is 1.92 bits per heavy atom. The molecule has 7 heteroatoms. The summed E-state index contributed by atoms with van der Waals surface area (Å²) in [5.74, 6) is 2.13. The van der Waals surface area contributed by atoms with E-state index < -0.39 is 0 Å². The first-order chi connectivity index (χ1) is 12.4. The molecule has 3 aromatic rings. The maximum absolute atomic E-state index is 12.8. The van der Waals surface area contributed by atoms with E-state index in [1.54, 1.807) is 43.8 Å². The summed E-state index contributed by atoms with van der Waals surface area (Å²) in [6.45, 7) is 6.03. The van der Waals surface area contributed by atoms with E-state index in [1.165, 1.54) is 22.2 Å². The molecule has 0 fully saturated rings. The minimum Gasteiger partial charge on any atom is -0.497 e. The Morgan fingerprint density at radius 3 is 2.62 bits per heavy atom. The van der Waals surface area contributed by atoms with Gasteiger partial charge in [-0.15, -0.1) is 11.3 Å². The largest absolute Gasteiger partial charge is 0.497 e. The molecule has 0 unspecified atom stereocenters. The van der Waals surface area contributed by atoms with Gasteiger partial charge < -0.3 is 9.47 Å². The van der Waals surface area contributed by atoms with Crippen molar-refractivity contribution in [2.45, 2.75) is 25.8 Å². The summed E-state index contributed by atoms with van der Waals surface area (Å²) in [5.41, 5.74) is 1.69.